The number of benzene rings is 1. The van der Waals surface area contributed by atoms with E-state index in [4.69, 9.17) is 9.73 Å². The summed E-state index contributed by atoms with van der Waals surface area (Å²) >= 11 is 0. The molecule has 1 aromatic rings. The van der Waals surface area contributed by atoms with E-state index in [2.05, 4.69) is 72.1 Å². The molecule has 0 fully saturated rings. The molecule has 2 heteroatoms. The molecule has 24 heavy (non-hydrogen) atoms. The van der Waals surface area contributed by atoms with Crippen LogP contribution in [-0.4, -0.2) is 19.4 Å². The maximum absolute atomic E-state index is 5.42. The number of hydrogen-bond acceptors (Lipinski definition) is 2. The van der Waals surface area contributed by atoms with Crippen molar-refractivity contribution in [2.45, 2.75) is 41.2 Å². The first-order valence-electron chi connectivity index (χ1n) is 8.33. The third-order valence-electron chi connectivity index (χ3n) is 3.63. The summed E-state index contributed by atoms with van der Waals surface area (Å²) in [6.07, 6.45) is 6.03. The number of rotatable bonds is 7. The molecule has 0 atom stereocenters. The average molecular weight is 325 g/mol. The first kappa shape index (κ1) is 20.1. The van der Waals surface area contributed by atoms with E-state index in [1.54, 1.807) is 13.2 Å². The van der Waals surface area contributed by atoms with Crippen molar-refractivity contribution in [3.8, 4) is 0 Å². The molecule has 0 heterocycles. The number of allylic oxidation sites excluding steroid dienone is 3. The Morgan fingerprint density at radius 3 is 2.46 bits per heavy atom. The summed E-state index contributed by atoms with van der Waals surface area (Å²) in [4.78, 5) is 4.73. The van der Waals surface area contributed by atoms with Crippen molar-refractivity contribution < 1.29 is 4.74 Å². The number of aliphatic imine (C=N–C) groups is 1. The van der Waals surface area contributed by atoms with Crippen LogP contribution in [0.3, 0.4) is 0 Å². The van der Waals surface area contributed by atoms with Gasteiger partial charge in [0.2, 0.25) is 0 Å². The van der Waals surface area contributed by atoms with Gasteiger partial charge >= 0.3 is 0 Å². The monoisotopic (exact) mass is 325 g/mol. The number of nitrogens with zero attached hydrogens (tertiary/aromatic N) is 1. The van der Waals surface area contributed by atoms with Gasteiger partial charge in [-0.1, -0.05) is 57.2 Å². The highest BCUT2D eigenvalue weighted by Crippen LogP contribution is 2.23. The molecule has 2 nitrogen and oxygen atoms in total. The minimum Gasteiger partial charge on any atom is -0.380 e. The van der Waals surface area contributed by atoms with E-state index in [0.717, 1.165) is 22.4 Å². The Morgan fingerprint density at radius 1 is 1.25 bits per heavy atom. The molecule has 0 aliphatic carbocycles. The zero-order valence-electron chi connectivity index (χ0n) is 16.1. The molecular weight excluding hydrogens is 294 g/mol. The summed E-state index contributed by atoms with van der Waals surface area (Å²) in [7, 11) is 1.72. The molecule has 0 bridgehead atoms. The number of hydrogen-bond donors (Lipinski definition) is 0. The maximum atomic E-state index is 5.42. The molecule has 0 N–H and O–H groups in total. The molecule has 0 spiro atoms. The van der Waals surface area contributed by atoms with E-state index in [9.17, 15) is 0 Å². The fourth-order valence-electron chi connectivity index (χ4n) is 2.49. The van der Waals surface area contributed by atoms with E-state index in [1.807, 2.05) is 0 Å². The lowest BCUT2D eigenvalue weighted by molar-refractivity contribution is 0.184. The highest BCUT2D eigenvalue weighted by atomic mass is 16.5. The topological polar surface area (TPSA) is 21.6 Å². The van der Waals surface area contributed by atoms with Crippen LogP contribution in [0.1, 0.15) is 43.0 Å². The van der Waals surface area contributed by atoms with Gasteiger partial charge < -0.3 is 4.74 Å². The van der Waals surface area contributed by atoms with Crippen molar-refractivity contribution in [2.24, 2.45) is 10.4 Å². The molecule has 130 valence electrons. The summed E-state index contributed by atoms with van der Waals surface area (Å²) in [5.41, 5.74) is 6.61. The number of aryl methyl sites for hydroxylation is 2. The van der Waals surface area contributed by atoms with Gasteiger partial charge in [-0.25, -0.2) is 0 Å². The molecule has 0 unspecified atom stereocenters. The summed E-state index contributed by atoms with van der Waals surface area (Å²) in [6.45, 7) is 19.9. The van der Waals surface area contributed by atoms with E-state index in [1.165, 1.54) is 11.1 Å². The van der Waals surface area contributed by atoms with Gasteiger partial charge in [0.05, 0.1) is 18.9 Å². The lowest BCUT2D eigenvalue weighted by atomic mass is 9.90. The van der Waals surface area contributed by atoms with Gasteiger partial charge in [0.1, 0.15) is 0 Å². The number of ether oxygens (including phenoxy) is 1. The van der Waals surface area contributed by atoms with Crippen LogP contribution < -0.4 is 0 Å². The van der Waals surface area contributed by atoms with E-state index >= 15 is 0 Å². The van der Waals surface area contributed by atoms with Gasteiger partial charge in [0.15, 0.2) is 0 Å². The molecule has 0 aromatic heterocycles. The normalized spacial score (nSPS) is 12.7. The van der Waals surface area contributed by atoms with Gasteiger partial charge in [-0.05, 0) is 42.0 Å². The standard InChI is InChI=1S/C22H31NO/c1-9-12-23-21(17(3)10-11-22(5,6)7)19-14-16(2)13-18(4)20(19)15-24-8/h9-11,13-14H,1,3,12,15H2,2,4-8H3/b11-10-,23-21-. The van der Waals surface area contributed by atoms with Crippen LogP contribution in [0.25, 0.3) is 0 Å². The second-order valence-electron chi connectivity index (χ2n) is 7.24. The zero-order valence-corrected chi connectivity index (χ0v) is 16.1. The molecular formula is C22H31NO. The van der Waals surface area contributed by atoms with Gasteiger partial charge in [0.25, 0.3) is 0 Å². The van der Waals surface area contributed by atoms with Crippen LogP contribution >= 0.6 is 0 Å². The highest BCUT2D eigenvalue weighted by molar-refractivity contribution is 6.15. The summed E-state index contributed by atoms with van der Waals surface area (Å²) in [5, 5.41) is 0. The van der Waals surface area contributed by atoms with Gasteiger partial charge in [-0.15, -0.1) is 6.58 Å². The lowest BCUT2D eigenvalue weighted by Crippen LogP contribution is -2.11. The Morgan fingerprint density at radius 2 is 1.92 bits per heavy atom. The lowest BCUT2D eigenvalue weighted by Gasteiger charge is -2.17. The second kappa shape index (κ2) is 8.79. The molecule has 0 amide bonds. The van der Waals surface area contributed by atoms with E-state index in [0.29, 0.717) is 13.2 Å². The van der Waals surface area contributed by atoms with Crippen molar-refractivity contribution in [1.29, 1.82) is 0 Å². The smallest absolute Gasteiger partial charge is 0.0722 e. The molecule has 0 saturated heterocycles. The molecule has 1 rings (SSSR count). The predicted octanol–water partition coefficient (Wildman–Crippen LogP) is 5.58. The van der Waals surface area contributed by atoms with Crippen LogP contribution in [0, 0.1) is 19.3 Å². The van der Waals surface area contributed by atoms with Crippen LogP contribution in [0.15, 0.2) is 54.1 Å². The van der Waals surface area contributed by atoms with Crippen LogP contribution in [0.4, 0.5) is 0 Å². The molecule has 0 radical (unpaired) electrons. The Kier molecular flexibility index (Phi) is 7.37. The minimum absolute atomic E-state index is 0.102. The van der Waals surface area contributed by atoms with Crippen molar-refractivity contribution in [3.63, 3.8) is 0 Å². The van der Waals surface area contributed by atoms with Crippen LogP contribution in [-0.2, 0) is 11.3 Å². The van der Waals surface area contributed by atoms with Crippen LogP contribution in [0.2, 0.25) is 0 Å². The van der Waals surface area contributed by atoms with Crippen molar-refractivity contribution in [1.82, 2.24) is 0 Å². The zero-order chi connectivity index (χ0) is 18.3. The fourth-order valence-corrected chi connectivity index (χ4v) is 2.49. The van der Waals surface area contributed by atoms with Crippen molar-refractivity contribution in [2.75, 3.05) is 13.7 Å². The second-order valence-corrected chi connectivity index (χ2v) is 7.24. The van der Waals surface area contributed by atoms with Crippen LogP contribution in [0.5, 0.6) is 0 Å². The Labute approximate surface area is 147 Å². The van der Waals surface area contributed by atoms with E-state index in [-0.39, 0.29) is 5.41 Å². The Bertz CT molecular complexity index is 657. The third kappa shape index (κ3) is 5.93. The molecule has 0 aliphatic heterocycles. The molecule has 1 aromatic carbocycles. The van der Waals surface area contributed by atoms with Crippen molar-refractivity contribution in [3.05, 3.63) is 71.3 Å². The Balaban J connectivity index is 3.44. The van der Waals surface area contributed by atoms with Gasteiger partial charge in [-0.2, -0.15) is 0 Å². The minimum atomic E-state index is 0.102. The third-order valence-corrected chi connectivity index (χ3v) is 3.63. The summed E-state index contributed by atoms with van der Waals surface area (Å²) in [5.74, 6) is 0. The fraction of sp³-hybridized carbons (Fsp3) is 0.409. The average Bonchev–Trinajstić information content (AvgIpc) is 2.48. The molecule has 0 saturated carbocycles. The maximum Gasteiger partial charge on any atom is 0.0722 e. The first-order valence-corrected chi connectivity index (χ1v) is 8.33. The van der Waals surface area contributed by atoms with Crippen molar-refractivity contribution >= 4 is 5.71 Å². The predicted molar refractivity (Wildman–Crippen MR) is 106 cm³/mol. The molecule has 0 aliphatic rings. The Hall–Kier alpha value is -1.93. The van der Waals surface area contributed by atoms with Gasteiger partial charge in [-0.3, -0.25) is 4.99 Å². The number of methoxy groups -OCH3 is 1. The highest BCUT2D eigenvalue weighted by Gasteiger charge is 2.15. The largest absolute Gasteiger partial charge is 0.380 e. The SMILES string of the molecule is C=CC/N=C(/C(=C)/C=C\C(C)(C)C)c1cc(C)cc(C)c1COC. The van der Waals surface area contributed by atoms with Gasteiger partial charge in [0, 0.05) is 12.7 Å². The first-order chi connectivity index (χ1) is 11.2. The summed E-state index contributed by atoms with van der Waals surface area (Å²) in [6, 6.07) is 4.34. The quantitative estimate of drug-likeness (QED) is 0.364. The summed E-state index contributed by atoms with van der Waals surface area (Å²) < 4.78 is 5.42. The van der Waals surface area contributed by atoms with E-state index < -0.39 is 0 Å².